The highest BCUT2D eigenvalue weighted by Gasteiger charge is 2.36. The molecule has 0 saturated heterocycles. The predicted molar refractivity (Wildman–Crippen MR) is 287 cm³/mol. The molecule has 0 unspecified atom stereocenters. The van der Waals surface area contributed by atoms with Gasteiger partial charge in [-0.3, -0.25) is 43.2 Å². The minimum Gasteiger partial charge on any atom is -0.508 e. The summed E-state index contributed by atoms with van der Waals surface area (Å²) in [6, 6.07) is 7.53. The maximum absolute atomic E-state index is 14.2. The number of hydrogen-bond donors (Lipinski definition) is 16. The van der Waals surface area contributed by atoms with E-state index in [0.29, 0.717) is 28.9 Å². The zero-order chi connectivity index (χ0) is 58.8. The number of amides is 9. The number of carbonyl (C=O) groups is 10. The van der Waals surface area contributed by atoms with E-state index in [0.717, 1.165) is 6.92 Å². The number of carboxylic acids is 1. The number of aliphatic hydroxyl groups excluding tert-OH is 3. The van der Waals surface area contributed by atoms with Gasteiger partial charge in [-0.2, -0.15) is 11.8 Å². The van der Waals surface area contributed by atoms with Crippen LogP contribution in [-0.2, 0) is 67.2 Å². The lowest BCUT2D eigenvalue weighted by Crippen LogP contribution is -2.62. The number of carboxylic acid groups (broad SMARTS) is 1. The van der Waals surface area contributed by atoms with Gasteiger partial charge < -0.3 is 84.2 Å². The lowest BCUT2D eigenvalue weighted by molar-refractivity contribution is -0.143. The van der Waals surface area contributed by atoms with Crippen molar-refractivity contribution in [3.63, 3.8) is 0 Å². The fourth-order valence-electron chi connectivity index (χ4n) is 7.57. The molecule has 10 atom stereocenters. The van der Waals surface area contributed by atoms with Crippen molar-refractivity contribution in [2.75, 3.05) is 38.3 Å². The number of nitrogens with two attached hydrogens (primary N) is 1. The van der Waals surface area contributed by atoms with E-state index < -0.39 is 146 Å². The molecule has 0 fully saturated rings. The molecule has 0 heterocycles. The van der Waals surface area contributed by atoms with Gasteiger partial charge in [0.2, 0.25) is 53.2 Å². The molecule has 17 N–H and O–H groups in total. The Balaban J connectivity index is 1.84. The third-order valence-electron chi connectivity index (χ3n) is 12.3. The van der Waals surface area contributed by atoms with Gasteiger partial charge in [-0.1, -0.05) is 74.9 Å². The van der Waals surface area contributed by atoms with Gasteiger partial charge in [-0.05, 0) is 72.2 Å². The maximum Gasteiger partial charge on any atom is 0.328 e. The summed E-state index contributed by atoms with van der Waals surface area (Å²) >= 11 is 1.36. The van der Waals surface area contributed by atoms with Gasteiger partial charge in [0.15, 0.2) is 0 Å². The first-order valence-corrected chi connectivity index (χ1v) is 26.5. The highest BCUT2D eigenvalue weighted by atomic mass is 32.2. The molecule has 0 aliphatic rings. The number of nitrogens with one attached hydrogen (secondary N) is 9. The molecule has 0 saturated carbocycles. The van der Waals surface area contributed by atoms with E-state index in [4.69, 9.17) is 5.73 Å². The second kappa shape index (κ2) is 33.4. The van der Waals surface area contributed by atoms with Crippen LogP contribution >= 0.6 is 11.8 Å². The monoisotopic (exact) mass is 1120 g/mol. The van der Waals surface area contributed by atoms with Gasteiger partial charge in [-0.25, -0.2) is 4.79 Å². The van der Waals surface area contributed by atoms with Crippen LogP contribution in [0.25, 0.3) is 0 Å². The van der Waals surface area contributed by atoms with Crippen LogP contribution in [0.4, 0.5) is 0 Å². The van der Waals surface area contributed by atoms with E-state index in [-0.39, 0.29) is 37.2 Å². The first-order chi connectivity index (χ1) is 37.5. The minimum absolute atomic E-state index is 0.0309. The first kappa shape index (κ1) is 65.4. The average Bonchev–Trinajstić information content (AvgIpc) is 3.43. The summed E-state index contributed by atoms with van der Waals surface area (Å²) in [6.07, 6.45) is -0.0317. The van der Waals surface area contributed by atoms with Crippen molar-refractivity contribution in [3.05, 3.63) is 95.6 Å². The van der Waals surface area contributed by atoms with Crippen molar-refractivity contribution >= 4 is 70.9 Å². The molecule has 0 aliphatic carbocycles. The van der Waals surface area contributed by atoms with E-state index in [1.54, 1.807) is 62.6 Å². The molecule has 26 nitrogen and oxygen atoms in total. The Hall–Kier alpha value is -7.85. The molecular formula is C52H72N10O16S. The topological polar surface area (TPSA) is 426 Å². The Kier molecular flexibility index (Phi) is 27.7. The van der Waals surface area contributed by atoms with E-state index in [9.17, 15) is 78.6 Å². The third kappa shape index (κ3) is 22.2. The summed E-state index contributed by atoms with van der Waals surface area (Å²) in [4.78, 5) is 134. The number of aliphatic hydroxyl groups is 3. The molecule has 3 aromatic carbocycles. The van der Waals surface area contributed by atoms with Crippen LogP contribution in [0, 0.1) is 5.92 Å². The number of aliphatic carboxylic acids is 1. The molecule has 0 bridgehead atoms. The Bertz CT molecular complexity index is 2530. The quantitative estimate of drug-likeness (QED) is 0.0279. The standard InChI is InChI=1S/C52H72N10O16S/c1-5-28(2)43(50(75)60-40(27-64)52(77)78)61-42(69)25-54-45(70)36(22-31-11-15-33(66)16-12-31)57-49(74)39(26-63)59-51(76)44(29(3)65)62-48(73)38(21-30-9-7-6-8-10-30)58-46(71)35(19-20-79-4)56-47(72)37(55-41(68)24-53)23-32-13-17-34(67)18-14-32/h6-18,28-29,35-40,43-44,63-67H,5,19-27,53H2,1-4H3,(H,54,70)(H,55,68)(H,56,72)(H,57,74)(H,58,71)(H,59,76)(H,60,75)(H,61,69)(H,62,73)(H,77,78)/t28-,29+,35-,36-,37-,38-,39-,40-,43-,44-/m0/s1. The summed E-state index contributed by atoms with van der Waals surface area (Å²) < 4.78 is 0. The average molecular weight is 1130 g/mol. The number of benzene rings is 3. The van der Waals surface area contributed by atoms with Gasteiger partial charge in [0, 0.05) is 19.3 Å². The first-order valence-electron chi connectivity index (χ1n) is 25.1. The van der Waals surface area contributed by atoms with Crippen molar-refractivity contribution in [1.82, 2.24) is 47.9 Å². The molecule has 27 heteroatoms. The molecule has 432 valence electrons. The SMILES string of the molecule is CC[C@H](C)[C@H](NC(=O)CNC(=O)[C@H](Cc1ccc(O)cc1)NC(=O)[C@H](CO)NC(=O)[C@@H](NC(=O)[C@H](Cc1ccccc1)NC(=O)[C@H](CCSC)NC(=O)[C@H](Cc1ccc(O)cc1)NC(=O)CN)[C@@H](C)O)C(=O)N[C@@H](CO)C(=O)O. The van der Waals surface area contributed by atoms with Gasteiger partial charge in [0.25, 0.3) is 0 Å². The highest BCUT2D eigenvalue weighted by molar-refractivity contribution is 7.98. The smallest absolute Gasteiger partial charge is 0.328 e. The second-order valence-corrected chi connectivity index (χ2v) is 19.4. The number of carbonyl (C=O) groups excluding carboxylic acids is 9. The van der Waals surface area contributed by atoms with Crippen molar-refractivity contribution in [2.45, 2.75) is 107 Å². The van der Waals surface area contributed by atoms with E-state index in [1.165, 1.54) is 48.2 Å². The minimum atomic E-state index is -1.85. The number of hydrogen-bond acceptors (Lipinski definition) is 17. The van der Waals surface area contributed by atoms with Crippen molar-refractivity contribution in [1.29, 1.82) is 0 Å². The zero-order valence-corrected chi connectivity index (χ0v) is 44.9. The number of thioether (sulfide) groups is 1. The van der Waals surface area contributed by atoms with Crippen LogP contribution in [0.3, 0.4) is 0 Å². The Morgan fingerprint density at radius 3 is 1.43 bits per heavy atom. The highest BCUT2D eigenvalue weighted by Crippen LogP contribution is 2.15. The van der Waals surface area contributed by atoms with E-state index in [1.807, 2.05) is 0 Å². The van der Waals surface area contributed by atoms with Crippen molar-refractivity contribution in [2.24, 2.45) is 11.7 Å². The molecule has 3 aromatic rings. The molecule has 9 amide bonds. The fourth-order valence-corrected chi connectivity index (χ4v) is 8.04. The zero-order valence-electron chi connectivity index (χ0n) is 44.1. The van der Waals surface area contributed by atoms with Crippen LogP contribution in [-0.4, -0.2) is 183 Å². The second-order valence-electron chi connectivity index (χ2n) is 18.4. The van der Waals surface area contributed by atoms with Crippen LogP contribution in [0.15, 0.2) is 78.9 Å². The van der Waals surface area contributed by atoms with Gasteiger partial charge in [0.1, 0.15) is 59.8 Å². The summed E-state index contributed by atoms with van der Waals surface area (Å²) in [6.45, 7) is 1.21. The molecule has 79 heavy (non-hydrogen) atoms. The summed E-state index contributed by atoms with van der Waals surface area (Å²) in [5, 5.41) is 81.3. The molecule has 3 rings (SSSR count). The molecule has 0 spiro atoms. The Morgan fingerprint density at radius 1 is 0.519 bits per heavy atom. The van der Waals surface area contributed by atoms with Gasteiger partial charge >= 0.3 is 5.97 Å². The molecule has 0 radical (unpaired) electrons. The van der Waals surface area contributed by atoms with Crippen molar-refractivity contribution in [3.8, 4) is 11.5 Å². The Morgan fingerprint density at radius 2 is 0.949 bits per heavy atom. The van der Waals surface area contributed by atoms with Crippen LogP contribution in [0.2, 0.25) is 0 Å². The molecular weight excluding hydrogens is 1050 g/mol. The molecule has 0 aromatic heterocycles. The number of rotatable bonds is 33. The van der Waals surface area contributed by atoms with E-state index >= 15 is 0 Å². The summed E-state index contributed by atoms with van der Waals surface area (Å²) in [5.74, 6) is -10.3. The summed E-state index contributed by atoms with van der Waals surface area (Å²) in [7, 11) is 0. The summed E-state index contributed by atoms with van der Waals surface area (Å²) in [5.41, 5.74) is 7.00. The largest absolute Gasteiger partial charge is 0.508 e. The van der Waals surface area contributed by atoms with Crippen LogP contribution in [0.1, 0.15) is 50.3 Å². The third-order valence-corrected chi connectivity index (χ3v) is 12.9. The lowest BCUT2D eigenvalue weighted by Gasteiger charge is -2.28. The van der Waals surface area contributed by atoms with Gasteiger partial charge in [-0.15, -0.1) is 0 Å². The number of aromatic hydroxyl groups is 2. The van der Waals surface area contributed by atoms with Gasteiger partial charge in [0.05, 0.1) is 32.4 Å². The lowest BCUT2D eigenvalue weighted by atomic mass is 9.98. The normalized spacial score (nSPS) is 14.8. The van der Waals surface area contributed by atoms with Crippen molar-refractivity contribution < 1.29 is 78.6 Å². The van der Waals surface area contributed by atoms with E-state index in [2.05, 4.69) is 47.9 Å². The molecule has 0 aliphatic heterocycles. The fraction of sp³-hybridized carbons (Fsp3) is 0.462. The Labute approximate surface area is 460 Å². The van der Waals surface area contributed by atoms with Crippen LogP contribution < -0.4 is 53.6 Å². The predicted octanol–water partition coefficient (Wildman–Crippen LogP) is -3.67. The van der Waals surface area contributed by atoms with Crippen LogP contribution in [0.5, 0.6) is 11.5 Å². The number of phenolic OH excluding ortho intramolecular Hbond substituents is 2. The number of phenols is 2. The maximum atomic E-state index is 14.2.